The summed E-state index contributed by atoms with van der Waals surface area (Å²) in [5.74, 6) is -0.211. The van der Waals surface area contributed by atoms with Crippen molar-refractivity contribution in [3.8, 4) is 0 Å². The first-order valence-electron chi connectivity index (χ1n) is 8.15. The topological polar surface area (TPSA) is 51.4 Å². The molecule has 2 saturated heterocycles. The predicted octanol–water partition coefficient (Wildman–Crippen LogP) is 3.23. The third-order valence-electron chi connectivity index (χ3n) is 4.18. The van der Waals surface area contributed by atoms with Gasteiger partial charge in [0.15, 0.2) is 0 Å². The summed E-state index contributed by atoms with van der Waals surface area (Å²) < 4.78 is 15.0. The Labute approximate surface area is 122 Å². The van der Waals surface area contributed by atoms with Crippen molar-refractivity contribution < 1.29 is 19.0 Å². The molecule has 4 nitrogen and oxygen atoms in total. The van der Waals surface area contributed by atoms with Gasteiger partial charge in [-0.15, -0.1) is 0 Å². The fraction of sp³-hybridized carbons (Fsp3) is 0.938. The van der Waals surface area contributed by atoms with Crippen molar-refractivity contribution in [2.45, 2.75) is 89.6 Å². The molecule has 4 fully saturated rings. The summed E-state index contributed by atoms with van der Waals surface area (Å²) in [4.78, 5) is 9.82. The van der Waals surface area contributed by atoms with Gasteiger partial charge in [-0.2, -0.15) is 0 Å². The number of rotatable bonds is 1. The molecule has 2 heterocycles. The van der Waals surface area contributed by atoms with Crippen LogP contribution >= 0.6 is 0 Å². The van der Waals surface area contributed by atoms with E-state index in [-0.39, 0.29) is 5.97 Å². The van der Waals surface area contributed by atoms with Gasteiger partial charge in [-0.3, -0.25) is 4.79 Å². The maximum atomic E-state index is 9.82. The standard InChI is InChI=1S/2C6H10O.C4H8O2/c2*1-2-4-6-5(3-1)7-6;1-3-6-4(2)5/h2*5-6H,1-4H2;3H2,1-2H3. The fourth-order valence-electron chi connectivity index (χ4n) is 2.96. The van der Waals surface area contributed by atoms with Crippen LogP contribution in [-0.2, 0) is 19.0 Å². The molecule has 0 aromatic carbocycles. The maximum Gasteiger partial charge on any atom is 0.302 e. The minimum atomic E-state index is -0.211. The molecule has 0 spiro atoms. The Morgan fingerprint density at radius 2 is 1.25 bits per heavy atom. The number of carbonyl (C=O) groups excluding carboxylic acids is 1. The summed E-state index contributed by atoms with van der Waals surface area (Å²) in [5.41, 5.74) is 0. The Morgan fingerprint density at radius 1 is 0.900 bits per heavy atom. The molecule has 0 bridgehead atoms. The van der Waals surface area contributed by atoms with E-state index in [4.69, 9.17) is 9.47 Å². The zero-order valence-corrected chi connectivity index (χ0v) is 12.8. The van der Waals surface area contributed by atoms with E-state index in [0.717, 1.165) is 0 Å². The molecular formula is C16H28O4. The molecular weight excluding hydrogens is 256 g/mol. The van der Waals surface area contributed by atoms with Crippen LogP contribution in [0.2, 0.25) is 0 Å². The second kappa shape index (κ2) is 7.99. The van der Waals surface area contributed by atoms with Gasteiger partial charge < -0.3 is 14.2 Å². The molecule has 4 atom stereocenters. The average molecular weight is 284 g/mol. The molecule has 2 aliphatic heterocycles. The van der Waals surface area contributed by atoms with Gasteiger partial charge in [0, 0.05) is 6.92 Å². The molecule has 2 saturated carbocycles. The van der Waals surface area contributed by atoms with Gasteiger partial charge in [-0.25, -0.2) is 0 Å². The van der Waals surface area contributed by atoms with Crippen LogP contribution in [0.25, 0.3) is 0 Å². The van der Waals surface area contributed by atoms with Crippen LogP contribution < -0.4 is 0 Å². The predicted molar refractivity (Wildman–Crippen MR) is 76.6 cm³/mol. The van der Waals surface area contributed by atoms with E-state index in [1.807, 2.05) is 0 Å². The summed E-state index contributed by atoms with van der Waals surface area (Å²) in [7, 11) is 0. The van der Waals surface area contributed by atoms with E-state index in [0.29, 0.717) is 31.0 Å². The molecule has 4 aliphatic rings. The number of fused-ring (bicyclic) bond motifs is 2. The van der Waals surface area contributed by atoms with Crippen molar-refractivity contribution in [1.29, 1.82) is 0 Å². The summed E-state index contributed by atoms with van der Waals surface area (Å²) in [6.07, 6.45) is 13.8. The Bertz CT molecular complexity index is 263. The molecule has 2 aliphatic carbocycles. The summed E-state index contributed by atoms with van der Waals surface area (Å²) in [6, 6.07) is 0. The Balaban J connectivity index is 0.000000111. The quantitative estimate of drug-likeness (QED) is 0.548. The summed E-state index contributed by atoms with van der Waals surface area (Å²) >= 11 is 0. The molecule has 4 unspecified atom stereocenters. The third-order valence-corrected chi connectivity index (χ3v) is 4.18. The largest absolute Gasteiger partial charge is 0.466 e. The van der Waals surface area contributed by atoms with Gasteiger partial charge in [-0.1, -0.05) is 25.7 Å². The van der Waals surface area contributed by atoms with Crippen LogP contribution in [0, 0.1) is 0 Å². The molecule has 4 rings (SSSR count). The van der Waals surface area contributed by atoms with Crippen LogP contribution in [-0.4, -0.2) is 37.0 Å². The van der Waals surface area contributed by atoms with Crippen LogP contribution in [0.3, 0.4) is 0 Å². The van der Waals surface area contributed by atoms with Gasteiger partial charge in [0.25, 0.3) is 0 Å². The highest BCUT2D eigenvalue weighted by molar-refractivity contribution is 5.65. The number of esters is 1. The fourth-order valence-corrected chi connectivity index (χ4v) is 2.96. The average Bonchev–Trinajstić information content (AvgIpc) is 3.33. The zero-order chi connectivity index (χ0) is 14.4. The third kappa shape index (κ3) is 5.80. The Morgan fingerprint density at radius 3 is 1.40 bits per heavy atom. The van der Waals surface area contributed by atoms with Gasteiger partial charge in [0.05, 0.1) is 31.0 Å². The molecule has 0 amide bonds. The van der Waals surface area contributed by atoms with E-state index < -0.39 is 0 Å². The smallest absolute Gasteiger partial charge is 0.302 e. The number of hydrogen-bond donors (Lipinski definition) is 0. The van der Waals surface area contributed by atoms with Crippen LogP contribution in [0.15, 0.2) is 0 Å². The number of ether oxygens (including phenoxy) is 3. The first kappa shape index (κ1) is 15.8. The van der Waals surface area contributed by atoms with Crippen molar-refractivity contribution in [2.75, 3.05) is 6.61 Å². The monoisotopic (exact) mass is 284 g/mol. The lowest BCUT2D eigenvalue weighted by Gasteiger charge is -2.00. The van der Waals surface area contributed by atoms with Crippen molar-refractivity contribution in [3.05, 3.63) is 0 Å². The van der Waals surface area contributed by atoms with E-state index in [2.05, 4.69) is 4.74 Å². The van der Waals surface area contributed by atoms with Gasteiger partial charge in [0.1, 0.15) is 0 Å². The van der Waals surface area contributed by atoms with Gasteiger partial charge in [0.2, 0.25) is 0 Å². The second-order valence-electron chi connectivity index (χ2n) is 5.92. The molecule has 0 aromatic heterocycles. The summed E-state index contributed by atoms with van der Waals surface area (Å²) in [5, 5.41) is 0. The lowest BCUT2D eigenvalue weighted by atomic mass is 10.0. The minimum absolute atomic E-state index is 0.211. The minimum Gasteiger partial charge on any atom is -0.466 e. The SMILES string of the molecule is C1CCC2OC2C1.C1CCC2OC2C1.CCOC(C)=O. The van der Waals surface area contributed by atoms with Gasteiger partial charge >= 0.3 is 5.97 Å². The molecule has 4 heteroatoms. The first-order chi connectivity index (χ1) is 9.70. The zero-order valence-electron chi connectivity index (χ0n) is 12.8. The molecule has 0 N–H and O–H groups in total. The van der Waals surface area contributed by atoms with E-state index in [1.54, 1.807) is 6.92 Å². The van der Waals surface area contributed by atoms with E-state index >= 15 is 0 Å². The Hall–Kier alpha value is -0.610. The van der Waals surface area contributed by atoms with E-state index in [1.165, 1.54) is 58.3 Å². The highest BCUT2D eigenvalue weighted by atomic mass is 16.6. The number of carbonyl (C=O) groups is 1. The number of epoxide rings is 2. The second-order valence-corrected chi connectivity index (χ2v) is 5.92. The molecule has 0 radical (unpaired) electrons. The van der Waals surface area contributed by atoms with Crippen molar-refractivity contribution in [2.24, 2.45) is 0 Å². The lowest BCUT2D eigenvalue weighted by molar-refractivity contribution is -0.140. The first-order valence-corrected chi connectivity index (χ1v) is 8.15. The maximum absolute atomic E-state index is 9.82. The highest BCUT2D eigenvalue weighted by Gasteiger charge is 2.40. The molecule has 0 aromatic rings. The van der Waals surface area contributed by atoms with Crippen molar-refractivity contribution in [3.63, 3.8) is 0 Å². The Kier molecular flexibility index (Phi) is 6.30. The van der Waals surface area contributed by atoms with Crippen LogP contribution in [0.4, 0.5) is 0 Å². The van der Waals surface area contributed by atoms with Crippen molar-refractivity contribution >= 4 is 5.97 Å². The lowest BCUT2D eigenvalue weighted by Crippen LogP contribution is -2.00. The van der Waals surface area contributed by atoms with E-state index in [9.17, 15) is 4.79 Å². The van der Waals surface area contributed by atoms with Gasteiger partial charge in [-0.05, 0) is 32.6 Å². The highest BCUT2D eigenvalue weighted by Crippen LogP contribution is 2.36. The normalized spacial score (nSPS) is 35.9. The molecule has 20 heavy (non-hydrogen) atoms. The number of hydrogen-bond acceptors (Lipinski definition) is 4. The summed E-state index contributed by atoms with van der Waals surface area (Å²) in [6.45, 7) is 3.65. The van der Waals surface area contributed by atoms with Crippen LogP contribution in [0.1, 0.15) is 65.2 Å². The van der Waals surface area contributed by atoms with Crippen molar-refractivity contribution in [1.82, 2.24) is 0 Å². The van der Waals surface area contributed by atoms with Crippen LogP contribution in [0.5, 0.6) is 0 Å². The molecule has 116 valence electrons.